The highest BCUT2D eigenvalue weighted by atomic mass is 16.6. The van der Waals surface area contributed by atoms with Crippen LogP contribution in [0.4, 0.5) is 0 Å². The van der Waals surface area contributed by atoms with Crippen molar-refractivity contribution in [2.45, 2.75) is 341 Å². The molecule has 1 heterocycles. The molecule has 0 aliphatic carbocycles. The van der Waals surface area contributed by atoms with Crippen LogP contribution in [0.25, 0.3) is 0 Å². The fraction of sp³-hybridized carbons (Fsp3) is 0.899. The Morgan fingerprint density at radius 3 is 0.845 bits per heavy atom. The van der Waals surface area contributed by atoms with Crippen LogP contribution in [0.2, 0.25) is 0 Å². The van der Waals surface area contributed by atoms with Crippen molar-refractivity contribution in [1.82, 2.24) is 26.2 Å². The predicted octanol–water partition coefficient (Wildman–Crippen LogP) is 15.3. The van der Waals surface area contributed by atoms with Gasteiger partial charge in [0.2, 0.25) is 23.6 Å². The van der Waals surface area contributed by atoms with Crippen LogP contribution in [0.5, 0.6) is 0 Å². The van der Waals surface area contributed by atoms with Gasteiger partial charge in [-0.15, -0.1) is 0 Å². The fourth-order valence-electron chi connectivity index (χ4n) is 10.9. The molecule has 1 fully saturated rings. The summed E-state index contributed by atoms with van der Waals surface area (Å²) in [6.45, 7) is 9.41. The summed E-state index contributed by atoms with van der Waals surface area (Å²) in [4.78, 5) is 94.0. The maximum Gasteiger partial charge on any atom is 0.305 e. The van der Waals surface area contributed by atoms with Crippen LogP contribution in [-0.2, 0) is 47.8 Å². The van der Waals surface area contributed by atoms with E-state index in [2.05, 4.69) is 46.9 Å². The molecule has 1 aliphatic rings. The molecule has 4 amide bonds. The molecule has 0 radical (unpaired) electrons. The molecule has 0 aromatic carbocycles. The number of likely N-dealkylation sites (tertiary alicyclic amines) is 1. The number of carbonyl (C=O) groups excluding carboxylic acids is 7. The van der Waals surface area contributed by atoms with Gasteiger partial charge in [-0.25, -0.2) is 0 Å². The monoisotopic (exact) mass is 1190 g/mol. The molecule has 15 nitrogen and oxygen atoms in total. The molecule has 1 saturated heterocycles. The fourth-order valence-corrected chi connectivity index (χ4v) is 10.9. The molecule has 0 spiro atoms. The number of piperidine rings is 1. The van der Waals surface area contributed by atoms with Gasteiger partial charge in [-0.3, -0.25) is 33.6 Å². The third-order valence-electron chi connectivity index (χ3n) is 16.4. The van der Waals surface area contributed by atoms with Crippen LogP contribution >= 0.6 is 0 Å². The van der Waals surface area contributed by atoms with Crippen molar-refractivity contribution >= 4 is 41.5 Å². The minimum Gasteiger partial charge on any atom is -0.463 e. The summed E-state index contributed by atoms with van der Waals surface area (Å²) < 4.78 is 17.3. The van der Waals surface area contributed by atoms with Crippen LogP contribution in [0.15, 0.2) is 0 Å². The largest absolute Gasteiger partial charge is 0.463 e. The highest BCUT2D eigenvalue weighted by molar-refractivity contribution is 5.79. The van der Waals surface area contributed by atoms with Gasteiger partial charge < -0.3 is 40.4 Å². The number of rotatable bonds is 61. The average molecular weight is 1190 g/mol. The smallest absolute Gasteiger partial charge is 0.305 e. The lowest BCUT2D eigenvalue weighted by Gasteiger charge is -2.34. The van der Waals surface area contributed by atoms with Crippen LogP contribution in [0.3, 0.4) is 0 Å². The van der Waals surface area contributed by atoms with Gasteiger partial charge in [0.1, 0.15) is 25.4 Å². The maximum absolute atomic E-state index is 13.8. The average Bonchev–Trinajstić information content (AvgIpc) is 3.69. The molecule has 0 atom stereocenters. The molecule has 0 bridgehead atoms. The van der Waals surface area contributed by atoms with Crippen LogP contribution in [0.1, 0.15) is 335 Å². The topological polar surface area (TPSA) is 199 Å². The Morgan fingerprint density at radius 2 is 0.571 bits per heavy atom. The van der Waals surface area contributed by atoms with Crippen molar-refractivity contribution in [2.75, 3.05) is 59.1 Å². The van der Waals surface area contributed by atoms with Gasteiger partial charge in [0, 0.05) is 71.1 Å². The van der Waals surface area contributed by atoms with Crippen molar-refractivity contribution in [2.24, 2.45) is 0 Å². The third kappa shape index (κ3) is 51.5. The molecule has 0 unspecified atom stereocenters. The van der Waals surface area contributed by atoms with E-state index in [1.807, 2.05) is 0 Å². The van der Waals surface area contributed by atoms with Crippen LogP contribution < -0.4 is 21.3 Å². The molecule has 490 valence electrons. The second-order valence-electron chi connectivity index (χ2n) is 24.7. The Morgan fingerprint density at radius 1 is 0.310 bits per heavy atom. The second kappa shape index (κ2) is 58.3. The lowest BCUT2D eigenvalue weighted by Crippen LogP contribution is -2.59. The summed E-state index contributed by atoms with van der Waals surface area (Å²) in [5.74, 6) is -2.62. The van der Waals surface area contributed by atoms with E-state index in [-0.39, 0.29) is 87.8 Å². The molecular formula is C69H129N5O10. The van der Waals surface area contributed by atoms with Crippen molar-refractivity contribution in [3.05, 3.63) is 0 Å². The molecule has 4 N–H and O–H groups in total. The van der Waals surface area contributed by atoms with E-state index in [4.69, 9.17) is 14.2 Å². The van der Waals surface area contributed by atoms with Gasteiger partial charge in [0.25, 0.3) is 0 Å². The number of unbranched alkanes of at least 4 members (excludes halogenated alkanes) is 33. The van der Waals surface area contributed by atoms with E-state index in [1.165, 1.54) is 173 Å². The first kappa shape index (κ1) is 78.3. The van der Waals surface area contributed by atoms with Gasteiger partial charge in [-0.05, 0) is 64.5 Å². The highest BCUT2D eigenvalue weighted by Gasteiger charge is 2.38. The van der Waals surface area contributed by atoms with Gasteiger partial charge in [-0.1, -0.05) is 239 Å². The number of ether oxygens (including phenoxy) is 3. The molecule has 1 rings (SSSR count). The Bertz CT molecular complexity index is 1470. The molecule has 0 aromatic rings. The summed E-state index contributed by atoms with van der Waals surface area (Å²) in [6.07, 6.45) is 49.1. The predicted molar refractivity (Wildman–Crippen MR) is 342 cm³/mol. The summed E-state index contributed by atoms with van der Waals surface area (Å²) in [6, 6.07) is 0. The zero-order valence-corrected chi connectivity index (χ0v) is 54.5. The third-order valence-corrected chi connectivity index (χ3v) is 16.4. The van der Waals surface area contributed by atoms with Gasteiger partial charge in [0.05, 0.1) is 0 Å². The molecule has 15 heteroatoms. The lowest BCUT2D eigenvalue weighted by molar-refractivity contribution is -0.159. The Kier molecular flexibility index (Phi) is 54.3. The first-order chi connectivity index (χ1) is 41.0. The highest BCUT2D eigenvalue weighted by Crippen LogP contribution is 2.18. The Hall–Kier alpha value is -3.75. The number of hydrogen-bond acceptors (Lipinski definition) is 11. The molecule has 0 aromatic heterocycles. The number of amides is 4. The van der Waals surface area contributed by atoms with Crippen LogP contribution in [0, 0.1) is 0 Å². The number of nitrogens with one attached hydrogen (secondary N) is 4. The zero-order valence-electron chi connectivity index (χ0n) is 54.5. The summed E-state index contributed by atoms with van der Waals surface area (Å²) in [5.41, 5.74) is -1.64. The standard InChI is InChI=1S/C69H129N5O10/c1-4-7-10-13-16-19-22-25-28-31-34-38-53-70-62(75)46-43-49-66(79)82-59-69(73-65(78)52-58-74-56-41-37-42-57-74,60-83-67(80)50-44-47-63(76)71-54-39-35-32-29-26-23-20-17-14-11-8-5-2)61-84-68(81)51-45-48-64(77)72-55-40-36-33-30-27-24-21-18-15-12-9-6-3/h4-61H2,1-3H3,(H,70,75)(H,71,76)(H,72,77)(H,73,78). The van der Waals surface area contributed by atoms with Gasteiger partial charge >= 0.3 is 17.9 Å². The first-order valence-corrected chi connectivity index (χ1v) is 35.3. The van der Waals surface area contributed by atoms with Crippen molar-refractivity contribution < 1.29 is 47.8 Å². The number of hydrogen-bond donors (Lipinski definition) is 4. The first-order valence-electron chi connectivity index (χ1n) is 35.3. The Balaban J connectivity index is 2.80. The van der Waals surface area contributed by atoms with E-state index in [1.54, 1.807) is 0 Å². The van der Waals surface area contributed by atoms with E-state index >= 15 is 0 Å². The molecule has 1 aliphatic heterocycles. The second-order valence-corrected chi connectivity index (χ2v) is 24.7. The number of esters is 3. The lowest BCUT2D eigenvalue weighted by atomic mass is 10.0. The van der Waals surface area contributed by atoms with E-state index in [0.29, 0.717) is 26.2 Å². The maximum atomic E-state index is 13.8. The summed E-state index contributed by atoms with van der Waals surface area (Å²) in [7, 11) is 0. The van der Waals surface area contributed by atoms with E-state index < -0.39 is 43.3 Å². The van der Waals surface area contributed by atoms with E-state index in [9.17, 15) is 33.6 Å². The quantitative estimate of drug-likeness (QED) is 0.0257. The minimum absolute atomic E-state index is 0.0622. The Labute approximate surface area is 513 Å². The van der Waals surface area contributed by atoms with Gasteiger partial charge in [0.15, 0.2) is 0 Å². The normalized spacial score (nSPS) is 12.7. The molecular weight excluding hydrogens is 1060 g/mol. The minimum atomic E-state index is -1.64. The van der Waals surface area contributed by atoms with Crippen LogP contribution in [-0.4, -0.2) is 111 Å². The molecule has 0 saturated carbocycles. The van der Waals surface area contributed by atoms with Crippen molar-refractivity contribution in [3.8, 4) is 0 Å². The molecule has 84 heavy (non-hydrogen) atoms. The van der Waals surface area contributed by atoms with Crippen molar-refractivity contribution in [3.63, 3.8) is 0 Å². The summed E-state index contributed by atoms with van der Waals surface area (Å²) in [5, 5.41) is 11.9. The van der Waals surface area contributed by atoms with Crippen molar-refractivity contribution in [1.29, 1.82) is 0 Å². The van der Waals surface area contributed by atoms with Gasteiger partial charge in [-0.2, -0.15) is 0 Å². The number of carbonyl (C=O) groups is 7. The number of nitrogens with zero attached hydrogens (tertiary/aromatic N) is 1. The summed E-state index contributed by atoms with van der Waals surface area (Å²) >= 11 is 0. The van der Waals surface area contributed by atoms with E-state index in [0.717, 1.165) is 90.1 Å². The SMILES string of the molecule is CCCCCCCCCCCCCCNC(=O)CCCC(=O)OCC(COC(=O)CCCC(=O)NCCCCCCCCCCCCCC)(COC(=O)CCCC(=O)NCCCCCCCCCCCCCC)NC(=O)CCN1CCCCC1. The zero-order chi connectivity index (χ0) is 61.1.